The number of carbonyl (C=O) groups excluding carboxylic acids is 3. The normalized spacial score (nSPS) is 11.8. The molecule has 0 saturated carbocycles. The Morgan fingerprint density at radius 3 is 0.702 bits per heavy atom. The van der Waals surface area contributed by atoms with Crippen molar-refractivity contribution in [3.8, 4) is 0 Å². The van der Waals surface area contributed by atoms with Crippen molar-refractivity contribution in [3.05, 3.63) is 0 Å². The lowest BCUT2D eigenvalue weighted by Crippen LogP contribution is -2.30. The average Bonchev–Trinajstić information content (AvgIpc) is 3.21. The van der Waals surface area contributed by atoms with Gasteiger partial charge in [0.05, 0.1) is 0 Å². The van der Waals surface area contributed by atoms with E-state index in [2.05, 4.69) is 20.8 Å². The van der Waals surface area contributed by atoms with Gasteiger partial charge in [-0.3, -0.25) is 14.4 Å². The third kappa shape index (κ3) is 45.3. The highest BCUT2D eigenvalue weighted by Gasteiger charge is 2.19. The Hall–Kier alpha value is -1.59. The fourth-order valence-electron chi connectivity index (χ4n) is 7.74. The molecule has 0 fully saturated rings. The third-order valence-corrected chi connectivity index (χ3v) is 11.6. The highest BCUT2D eigenvalue weighted by atomic mass is 16.6. The molecule has 0 aliphatic rings. The van der Waals surface area contributed by atoms with Crippen LogP contribution in [-0.2, 0) is 28.6 Å². The van der Waals surface area contributed by atoms with Gasteiger partial charge in [-0.25, -0.2) is 0 Å². The first kappa shape index (κ1) is 55.4. The molecule has 0 aromatic heterocycles. The molecule has 0 aromatic carbocycles. The van der Waals surface area contributed by atoms with Crippen molar-refractivity contribution in [1.82, 2.24) is 0 Å². The Labute approximate surface area is 355 Å². The maximum absolute atomic E-state index is 12.7. The Balaban J connectivity index is 4.19. The summed E-state index contributed by atoms with van der Waals surface area (Å²) in [7, 11) is 0. The first-order valence-corrected chi connectivity index (χ1v) is 25.5. The summed E-state index contributed by atoms with van der Waals surface area (Å²) in [6.07, 6.45) is 49.5. The van der Waals surface area contributed by atoms with Crippen LogP contribution in [0.2, 0.25) is 0 Å². The summed E-state index contributed by atoms with van der Waals surface area (Å²) in [4.78, 5) is 37.8. The molecule has 6 nitrogen and oxygen atoms in total. The lowest BCUT2D eigenvalue weighted by atomic mass is 10.0. The van der Waals surface area contributed by atoms with Crippen LogP contribution in [0.3, 0.4) is 0 Å². The Morgan fingerprint density at radius 1 is 0.281 bits per heavy atom. The van der Waals surface area contributed by atoms with E-state index in [0.29, 0.717) is 19.3 Å². The zero-order valence-corrected chi connectivity index (χ0v) is 38.6. The van der Waals surface area contributed by atoms with Crippen LogP contribution < -0.4 is 0 Å². The van der Waals surface area contributed by atoms with Gasteiger partial charge < -0.3 is 14.2 Å². The zero-order valence-electron chi connectivity index (χ0n) is 38.6. The summed E-state index contributed by atoms with van der Waals surface area (Å²) in [6, 6.07) is 0. The average molecular weight is 807 g/mol. The minimum Gasteiger partial charge on any atom is -0.462 e. The summed E-state index contributed by atoms with van der Waals surface area (Å²) in [5.41, 5.74) is 0. The van der Waals surface area contributed by atoms with Gasteiger partial charge in [0.2, 0.25) is 0 Å². The quantitative estimate of drug-likeness (QED) is 0.0346. The van der Waals surface area contributed by atoms with Gasteiger partial charge in [0.1, 0.15) is 13.2 Å². The maximum atomic E-state index is 12.7. The molecule has 0 aliphatic carbocycles. The second-order valence-electron chi connectivity index (χ2n) is 17.5. The zero-order chi connectivity index (χ0) is 41.5. The van der Waals surface area contributed by atoms with Crippen LogP contribution in [0.25, 0.3) is 0 Å². The summed E-state index contributed by atoms with van der Waals surface area (Å²) < 4.78 is 16.7. The molecule has 0 heterocycles. The van der Waals surface area contributed by atoms with E-state index in [-0.39, 0.29) is 31.1 Å². The number of ether oxygens (including phenoxy) is 3. The van der Waals surface area contributed by atoms with Crippen LogP contribution in [-0.4, -0.2) is 37.2 Å². The van der Waals surface area contributed by atoms with E-state index in [9.17, 15) is 14.4 Å². The lowest BCUT2D eigenvalue weighted by molar-refractivity contribution is -0.167. The van der Waals surface area contributed by atoms with Crippen molar-refractivity contribution in [1.29, 1.82) is 0 Å². The van der Waals surface area contributed by atoms with Gasteiger partial charge in [0, 0.05) is 19.3 Å². The SMILES string of the molecule is CCCCCCCCCCCCCCCCCCCCCC(=O)OC[C@H](COC(=O)CCCCCCCCCCCC)OC(=O)CCCCCCCCCCCC. The monoisotopic (exact) mass is 807 g/mol. The van der Waals surface area contributed by atoms with Gasteiger partial charge >= 0.3 is 17.9 Å². The molecule has 0 unspecified atom stereocenters. The number of rotatable bonds is 47. The molecule has 0 aliphatic heterocycles. The predicted octanol–water partition coefficient (Wildman–Crippen LogP) is 16.4. The van der Waals surface area contributed by atoms with Gasteiger partial charge in [-0.05, 0) is 19.3 Å². The van der Waals surface area contributed by atoms with E-state index in [1.165, 1.54) is 193 Å². The number of unbranched alkanes of at least 4 members (excludes halogenated alkanes) is 36. The summed E-state index contributed by atoms with van der Waals surface area (Å²) >= 11 is 0. The van der Waals surface area contributed by atoms with E-state index in [4.69, 9.17) is 14.2 Å². The van der Waals surface area contributed by atoms with Crippen LogP contribution in [0, 0.1) is 0 Å². The smallest absolute Gasteiger partial charge is 0.306 e. The Kier molecular flexibility index (Phi) is 45.8. The standard InChI is InChI=1S/C51H98O6/c1-4-7-10-13-16-19-22-23-24-25-26-27-28-29-30-33-35-38-41-44-50(53)56-47-48(57-51(54)45-42-39-36-32-21-18-15-12-9-6-3)46-55-49(52)43-40-37-34-31-20-17-14-11-8-5-2/h48H,4-47H2,1-3H3/t48-/m0/s1. The van der Waals surface area contributed by atoms with E-state index in [1.54, 1.807) is 0 Å². The molecule has 0 aromatic rings. The summed E-state index contributed by atoms with van der Waals surface area (Å²) in [6.45, 7) is 6.65. The molecule has 57 heavy (non-hydrogen) atoms. The molecule has 0 bridgehead atoms. The van der Waals surface area contributed by atoms with Crippen LogP contribution >= 0.6 is 0 Å². The molecule has 0 spiro atoms. The molecule has 6 heteroatoms. The van der Waals surface area contributed by atoms with Gasteiger partial charge in [0.25, 0.3) is 0 Å². The van der Waals surface area contributed by atoms with E-state index in [1.807, 2.05) is 0 Å². The van der Waals surface area contributed by atoms with E-state index in [0.717, 1.165) is 57.8 Å². The molecule has 0 saturated heterocycles. The van der Waals surface area contributed by atoms with Gasteiger partial charge in [-0.2, -0.15) is 0 Å². The van der Waals surface area contributed by atoms with Crippen molar-refractivity contribution in [3.63, 3.8) is 0 Å². The molecule has 0 radical (unpaired) electrons. The van der Waals surface area contributed by atoms with Crippen LogP contribution in [0.15, 0.2) is 0 Å². The first-order chi connectivity index (χ1) is 28.0. The van der Waals surface area contributed by atoms with Crippen LogP contribution in [0.1, 0.15) is 290 Å². The second kappa shape index (κ2) is 47.1. The number of hydrogen-bond donors (Lipinski definition) is 0. The Bertz CT molecular complexity index is 844. The molecule has 0 N–H and O–H groups in total. The number of hydrogen-bond acceptors (Lipinski definition) is 6. The second-order valence-corrected chi connectivity index (χ2v) is 17.5. The fraction of sp³-hybridized carbons (Fsp3) is 0.941. The molecule has 338 valence electrons. The molecular formula is C51H98O6. The van der Waals surface area contributed by atoms with E-state index >= 15 is 0 Å². The molecular weight excluding hydrogens is 709 g/mol. The molecule has 1 atom stereocenters. The largest absolute Gasteiger partial charge is 0.462 e. The molecule has 0 amide bonds. The van der Waals surface area contributed by atoms with Gasteiger partial charge in [-0.1, -0.05) is 252 Å². The minimum atomic E-state index is -0.758. The van der Waals surface area contributed by atoms with Gasteiger partial charge in [0.15, 0.2) is 6.10 Å². The van der Waals surface area contributed by atoms with Crippen molar-refractivity contribution >= 4 is 17.9 Å². The lowest BCUT2D eigenvalue weighted by Gasteiger charge is -2.18. The van der Waals surface area contributed by atoms with Crippen LogP contribution in [0.4, 0.5) is 0 Å². The van der Waals surface area contributed by atoms with Crippen molar-refractivity contribution in [2.24, 2.45) is 0 Å². The Morgan fingerprint density at radius 2 is 0.474 bits per heavy atom. The summed E-state index contributed by atoms with van der Waals surface area (Å²) in [5, 5.41) is 0. The number of carbonyl (C=O) groups is 3. The topological polar surface area (TPSA) is 78.9 Å². The summed E-state index contributed by atoms with van der Waals surface area (Å²) in [5.74, 6) is -0.847. The predicted molar refractivity (Wildman–Crippen MR) is 243 cm³/mol. The van der Waals surface area contributed by atoms with Crippen molar-refractivity contribution < 1.29 is 28.6 Å². The molecule has 0 rings (SSSR count). The third-order valence-electron chi connectivity index (χ3n) is 11.6. The highest BCUT2D eigenvalue weighted by Crippen LogP contribution is 2.17. The van der Waals surface area contributed by atoms with Crippen molar-refractivity contribution in [2.75, 3.05) is 13.2 Å². The first-order valence-electron chi connectivity index (χ1n) is 25.5. The fourth-order valence-corrected chi connectivity index (χ4v) is 7.74. The number of esters is 3. The van der Waals surface area contributed by atoms with E-state index < -0.39 is 6.10 Å². The maximum Gasteiger partial charge on any atom is 0.306 e. The minimum absolute atomic E-state index is 0.0622. The van der Waals surface area contributed by atoms with Crippen molar-refractivity contribution in [2.45, 2.75) is 297 Å². The van der Waals surface area contributed by atoms with Gasteiger partial charge in [-0.15, -0.1) is 0 Å². The highest BCUT2D eigenvalue weighted by molar-refractivity contribution is 5.71. The van der Waals surface area contributed by atoms with Crippen LogP contribution in [0.5, 0.6) is 0 Å².